The summed E-state index contributed by atoms with van der Waals surface area (Å²) in [4.78, 5) is 23.7. The van der Waals surface area contributed by atoms with E-state index in [4.69, 9.17) is 0 Å². The van der Waals surface area contributed by atoms with Gasteiger partial charge in [-0.15, -0.1) is 0 Å². The third kappa shape index (κ3) is 4.68. The highest BCUT2D eigenvalue weighted by molar-refractivity contribution is 5.91. The number of aromatic nitrogens is 1. The number of halogens is 3. The van der Waals surface area contributed by atoms with Crippen molar-refractivity contribution in [2.75, 3.05) is 5.32 Å². The molecule has 0 aliphatic carbocycles. The van der Waals surface area contributed by atoms with Gasteiger partial charge in [-0.25, -0.2) is 0 Å². The molecular weight excluding hydrogens is 369 g/mol. The van der Waals surface area contributed by atoms with Gasteiger partial charge in [0.05, 0.1) is 5.56 Å². The van der Waals surface area contributed by atoms with E-state index in [9.17, 15) is 22.8 Å². The van der Waals surface area contributed by atoms with E-state index in [1.54, 1.807) is 48.7 Å². The summed E-state index contributed by atoms with van der Waals surface area (Å²) in [5.41, 5.74) is -0.534. The second-order valence-corrected chi connectivity index (χ2v) is 6.15. The van der Waals surface area contributed by atoms with Crippen LogP contribution in [0, 0.1) is 0 Å². The van der Waals surface area contributed by atoms with Crippen LogP contribution in [0.2, 0.25) is 0 Å². The van der Waals surface area contributed by atoms with Gasteiger partial charge in [0.25, 0.3) is 5.56 Å². The summed E-state index contributed by atoms with van der Waals surface area (Å²) in [6.07, 6.45) is -3.05. The number of carbonyl (C=O) groups excluding carboxylic acids is 1. The number of nitrogens with one attached hydrogen (secondary N) is 1. The summed E-state index contributed by atoms with van der Waals surface area (Å²) < 4.78 is 41.9. The summed E-state index contributed by atoms with van der Waals surface area (Å²) in [5, 5.41) is 2.47. The number of hydrogen-bond donors (Lipinski definition) is 1. The smallest absolute Gasteiger partial charge is 0.326 e. The predicted octanol–water partition coefficient (Wildman–Crippen LogP) is 4.56. The average molecular weight is 386 g/mol. The number of carbonyl (C=O) groups is 1. The quantitative estimate of drug-likeness (QED) is 0.699. The van der Waals surface area contributed by atoms with Crippen molar-refractivity contribution in [1.29, 1.82) is 0 Å². The summed E-state index contributed by atoms with van der Waals surface area (Å²) in [5.74, 6) is -0.476. The third-order valence-corrected chi connectivity index (χ3v) is 4.17. The lowest BCUT2D eigenvalue weighted by molar-refractivity contribution is -0.137. The molecule has 0 atom stereocenters. The monoisotopic (exact) mass is 386 g/mol. The first-order chi connectivity index (χ1) is 13.3. The van der Waals surface area contributed by atoms with Crippen molar-refractivity contribution in [2.45, 2.75) is 19.1 Å². The van der Waals surface area contributed by atoms with Crippen molar-refractivity contribution in [3.8, 4) is 11.1 Å². The lowest BCUT2D eigenvalue weighted by Gasteiger charge is -2.15. The average Bonchev–Trinajstić information content (AvgIpc) is 2.67. The van der Waals surface area contributed by atoms with E-state index in [1.807, 2.05) is 0 Å². The Bertz CT molecular complexity index is 1030. The van der Waals surface area contributed by atoms with Crippen LogP contribution in [0.4, 0.5) is 18.9 Å². The van der Waals surface area contributed by atoms with Gasteiger partial charge in [0.15, 0.2) is 0 Å². The Morgan fingerprint density at radius 2 is 1.68 bits per heavy atom. The number of aryl methyl sites for hydroxylation is 1. The molecule has 3 aromatic rings. The number of benzene rings is 2. The van der Waals surface area contributed by atoms with Crippen LogP contribution in [0.1, 0.15) is 12.0 Å². The zero-order chi connectivity index (χ0) is 20.1. The molecule has 0 unspecified atom stereocenters. The van der Waals surface area contributed by atoms with Gasteiger partial charge >= 0.3 is 6.18 Å². The fourth-order valence-corrected chi connectivity index (χ4v) is 2.82. The summed E-state index contributed by atoms with van der Waals surface area (Å²) in [6, 6.07) is 16.6. The van der Waals surface area contributed by atoms with Gasteiger partial charge in [0.1, 0.15) is 0 Å². The largest absolute Gasteiger partial charge is 0.417 e. The SMILES string of the molecule is O=C(CCn1ccccc1=O)Nc1ccc(-c2ccccc2)c(C(F)(F)F)c1. The number of amides is 1. The molecule has 0 saturated heterocycles. The number of nitrogens with zero attached hydrogens (tertiary/aromatic N) is 1. The van der Waals surface area contributed by atoms with Crippen molar-refractivity contribution in [3.63, 3.8) is 0 Å². The number of pyridine rings is 1. The maximum atomic E-state index is 13.5. The van der Waals surface area contributed by atoms with Crippen molar-refractivity contribution >= 4 is 11.6 Å². The summed E-state index contributed by atoms with van der Waals surface area (Å²) in [6.45, 7) is 0.139. The topological polar surface area (TPSA) is 51.1 Å². The second kappa shape index (κ2) is 8.12. The standard InChI is InChI=1S/C21H17F3N2O2/c22-21(23,24)18-14-16(9-10-17(18)15-6-2-1-3-7-15)25-19(27)11-13-26-12-5-4-8-20(26)28/h1-10,12,14H,11,13H2,(H,25,27). The van der Waals surface area contributed by atoms with E-state index >= 15 is 0 Å². The van der Waals surface area contributed by atoms with Crippen molar-refractivity contribution in [2.24, 2.45) is 0 Å². The molecule has 28 heavy (non-hydrogen) atoms. The molecule has 0 radical (unpaired) electrons. The van der Waals surface area contributed by atoms with E-state index in [0.717, 1.165) is 6.07 Å². The minimum Gasteiger partial charge on any atom is -0.326 e. The zero-order valence-electron chi connectivity index (χ0n) is 14.7. The van der Waals surface area contributed by atoms with Gasteiger partial charge in [-0.05, 0) is 29.3 Å². The van der Waals surface area contributed by atoms with E-state index in [-0.39, 0.29) is 29.8 Å². The van der Waals surface area contributed by atoms with Crippen LogP contribution in [0.25, 0.3) is 11.1 Å². The maximum Gasteiger partial charge on any atom is 0.417 e. The van der Waals surface area contributed by atoms with E-state index in [1.165, 1.54) is 22.8 Å². The van der Waals surface area contributed by atoms with E-state index < -0.39 is 17.6 Å². The van der Waals surface area contributed by atoms with Crippen LogP contribution in [0.15, 0.2) is 77.7 Å². The molecular formula is C21H17F3N2O2. The molecule has 1 aromatic heterocycles. The number of hydrogen-bond acceptors (Lipinski definition) is 2. The van der Waals surface area contributed by atoms with Crippen LogP contribution in [-0.4, -0.2) is 10.5 Å². The summed E-state index contributed by atoms with van der Waals surface area (Å²) in [7, 11) is 0. The molecule has 2 aromatic carbocycles. The molecule has 4 nitrogen and oxygen atoms in total. The number of alkyl halides is 3. The highest BCUT2D eigenvalue weighted by Crippen LogP contribution is 2.38. The Kier molecular flexibility index (Phi) is 5.63. The van der Waals surface area contributed by atoms with Gasteiger partial charge in [-0.2, -0.15) is 13.2 Å². The van der Waals surface area contributed by atoms with Crippen LogP contribution in [-0.2, 0) is 17.5 Å². The Morgan fingerprint density at radius 3 is 2.36 bits per heavy atom. The first kappa shape index (κ1) is 19.4. The highest BCUT2D eigenvalue weighted by atomic mass is 19.4. The molecule has 144 valence electrons. The highest BCUT2D eigenvalue weighted by Gasteiger charge is 2.34. The van der Waals surface area contributed by atoms with Crippen LogP contribution in [0.3, 0.4) is 0 Å². The van der Waals surface area contributed by atoms with Crippen molar-refractivity contribution in [1.82, 2.24) is 4.57 Å². The summed E-state index contributed by atoms with van der Waals surface area (Å²) >= 11 is 0. The molecule has 0 bridgehead atoms. The molecule has 0 aliphatic heterocycles. The Hall–Kier alpha value is -3.35. The normalized spacial score (nSPS) is 11.2. The Balaban J connectivity index is 1.78. The lowest BCUT2D eigenvalue weighted by atomic mass is 9.98. The van der Waals surface area contributed by atoms with Gasteiger partial charge in [0, 0.05) is 30.9 Å². The zero-order valence-corrected chi connectivity index (χ0v) is 14.7. The van der Waals surface area contributed by atoms with Gasteiger partial charge in [-0.1, -0.05) is 42.5 Å². The molecule has 0 saturated carbocycles. The molecule has 3 rings (SSSR count). The minimum absolute atomic E-state index is 0.0360. The third-order valence-electron chi connectivity index (χ3n) is 4.17. The van der Waals surface area contributed by atoms with E-state index in [0.29, 0.717) is 5.56 Å². The molecule has 1 heterocycles. The van der Waals surface area contributed by atoms with Crippen molar-refractivity contribution < 1.29 is 18.0 Å². The lowest BCUT2D eigenvalue weighted by Crippen LogP contribution is -2.22. The first-order valence-corrected chi connectivity index (χ1v) is 8.56. The van der Waals surface area contributed by atoms with Gasteiger partial charge < -0.3 is 9.88 Å². The van der Waals surface area contributed by atoms with Gasteiger partial charge in [0.2, 0.25) is 5.91 Å². The van der Waals surface area contributed by atoms with E-state index in [2.05, 4.69) is 5.32 Å². The predicted molar refractivity (Wildman–Crippen MR) is 101 cm³/mol. The number of anilines is 1. The molecule has 0 aliphatic rings. The fraction of sp³-hybridized carbons (Fsp3) is 0.143. The minimum atomic E-state index is -4.57. The van der Waals surface area contributed by atoms with Crippen LogP contribution >= 0.6 is 0 Å². The van der Waals surface area contributed by atoms with Crippen LogP contribution in [0.5, 0.6) is 0 Å². The Morgan fingerprint density at radius 1 is 0.964 bits per heavy atom. The first-order valence-electron chi connectivity index (χ1n) is 8.56. The second-order valence-electron chi connectivity index (χ2n) is 6.15. The molecule has 7 heteroatoms. The Labute approximate surface area is 159 Å². The molecule has 1 N–H and O–H groups in total. The fourth-order valence-electron chi connectivity index (χ4n) is 2.82. The molecule has 0 fully saturated rings. The number of rotatable bonds is 5. The molecule has 1 amide bonds. The van der Waals surface area contributed by atoms with Crippen molar-refractivity contribution in [3.05, 3.63) is 88.8 Å². The maximum absolute atomic E-state index is 13.5. The van der Waals surface area contributed by atoms with Gasteiger partial charge in [-0.3, -0.25) is 9.59 Å². The van der Waals surface area contributed by atoms with Crippen LogP contribution < -0.4 is 10.9 Å². The molecule has 0 spiro atoms.